The Labute approximate surface area is 180 Å². The van der Waals surface area contributed by atoms with Crippen molar-refractivity contribution in [1.29, 1.82) is 0 Å². The summed E-state index contributed by atoms with van der Waals surface area (Å²) in [6.07, 6.45) is 1.61. The fraction of sp³-hybridized carbons (Fsp3) is 0.0800. The average molecular weight is 411 g/mol. The van der Waals surface area contributed by atoms with E-state index in [1.165, 1.54) is 0 Å². The summed E-state index contributed by atoms with van der Waals surface area (Å²) in [6.45, 7) is 3.78. The van der Waals surface area contributed by atoms with E-state index in [1.807, 2.05) is 74.5 Å². The maximum atomic E-state index is 11.5. The number of aryl methyl sites for hydroxylation is 2. The van der Waals surface area contributed by atoms with Crippen LogP contribution in [0.15, 0.2) is 94.4 Å². The molecule has 0 atom stereocenters. The highest BCUT2D eigenvalue weighted by Gasteiger charge is 2.19. The number of hydrogen-bond acceptors (Lipinski definition) is 5. The van der Waals surface area contributed by atoms with E-state index in [2.05, 4.69) is 5.10 Å². The van der Waals surface area contributed by atoms with Gasteiger partial charge in [0.25, 0.3) is 5.69 Å². The van der Waals surface area contributed by atoms with Crippen LogP contribution in [-0.4, -0.2) is 11.1 Å². The Morgan fingerprint density at radius 2 is 1.45 bits per heavy atom. The smallest absolute Gasteiger partial charge is 0.280 e. The van der Waals surface area contributed by atoms with Crippen LogP contribution in [0.5, 0.6) is 0 Å². The van der Waals surface area contributed by atoms with Crippen LogP contribution in [0.3, 0.4) is 0 Å². The van der Waals surface area contributed by atoms with E-state index in [0.717, 1.165) is 22.5 Å². The molecular formula is C25H21N3O3. The summed E-state index contributed by atoms with van der Waals surface area (Å²) in [5, 5.41) is 17.9. The molecule has 1 aromatic heterocycles. The summed E-state index contributed by atoms with van der Waals surface area (Å²) < 4.78 is 5.90. The Kier molecular flexibility index (Phi) is 5.62. The summed E-state index contributed by atoms with van der Waals surface area (Å²) in [6, 6.07) is 26.4. The van der Waals surface area contributed by atoms with Gasteiger partial charge in [0.2, 0.25) is 0 Å². The maximum Gasteiger partial charge on any atom is 0.280 e. The minimum atomic E-state index is -0.384. The molecule has 6 nitrogen and oxygen atoms in total. The van der Waals surface area contributed by atoms with Crippen LogP contribution >= 0.6 is 0 Å². The van der Waals surface area contributed by atoms with Crippen molar-refractivity contribution in [2.45, 2.75) is 13.8 Å². The van der Waals surface area contributed by atoms with Gasteiger partial charge in [-0.3, -0.25) is 10.1 Å². The zero-order chi connectivity index (χ0) is 21.8. The fourth-order valence-corrected chi connectivity index (χ4v) is 3.25. The largest absolute Gasteiger partial charge is 0.455 e. The molecule has 0 unspecified atom stereocenters. The molecule has 0 amide bonds. The summed E-state index contributed by atoms with van der Waals surface area (Å²) in [5.74, 6) is 0.932. The van der Waals surface area contributed by atoms with Gasteiger partial charge >= 0.3 is 0 Å². The minimum absolute atomic E-state index is 0.0242. The number of nitro benzene ring substituents is 1. The van der Waals surface area contributed by atoms with Crippen molar-refractivity contribution in [2.24, 2.45) is 5.10 Å². The van der Waals surface area contributed by atoms with E-state index in [0.29, 0.717) is 17.1 Å². The molecule has 6 heteroatoms. The second-order valence-electron chi connectivity index (χ2n) is 7.14. The molecule has 0 saturated heterocycles. The molecule has 0 aliphatic heterocycles. The van der Waals surface area contributed by atoms with Gasteiger partial charge in [-0.2, -0.15) is 5.10 Å². The molecule has 154 valence electrons. The Balaban J connectivity index is 1.68. The van der Waals surface area contributed by atoms with Crippen LogP contribution in [0.4, 0.5) is 17.1 Å². The summed E-state index contributed by atoms with van der Waals surface area (Å²) >= 11 is 0. The lowest BCUT2D eigenvalue weighted by Crippen LogP contribution is -2.08. The number of para-hydroxylation sites is 2. The number of rotatable bonds is 6. The van der Waals surface area contributed by atoms with E-state index >= 15 is 0 Å². The Bertz CT molecular complexity index is 1190. The lowest BCUT2D eigenvalue weighted by atomic mass is 10.0. The zero-order valence-corrected chi connectivity index (χ0v) is 17.2. The van der Waals surface area contributed by atoms with Gasteiger partial charge in [0.1, 0.15) is 11.5 Å². The molecular weight excluding hydrogens is 390 g/mol. The molecule has 31 heavy (non-hydrogen) atoms. The van der Waals surface area contributed by atoms with Crippen molar-refractivity contribution in [3.63, 3.8) is 0 Å². The molecule has 4 rings (SSSR count). The number of hydrogen-bond donors (Lipinski definition) is 0. The third-order valence-electron chi connectivity index (χ3n) is 5.00. The highest BCUT2D eigenvalue weighted by molar-refractivity contribution is 5.81. The van der Waals surface area contributed by atoms with E-state index in [-0.39, 0.29) is 10.6 Å². The minimum Gasteiger partial charge on any atom is -0.455 e. The molecule has 0 N–H and O–H groups in total. The van der Waals surface area contributed by atoms with Crippen LogP contribution in [-0.2, 0) is 0 Å². The Morgan fingerprint density at radius 3 is 2.03 bits per heavy atom. The molecule has 3 aromatic carbocycles. The van der Waals surface area contributed by atoms with Crippen LogP contribution in [0.1, 0.15) is 16.9 Å². The average Bonchev–Trinajstić information content (AvgIpc) is 3.26. The van der Waals surface area contributed by atoms with Crippen LogP contribution in [0.25, 0.3) is 11.3 Å². The van der Waals surface area contributed by atoms with Crippen molar-refractivity contribution in [1.82, 2.24) is 0 Å². The first-order chi connectivity index (χ1) is 15.0. The van der Waals surface area contributed by atoms with Gasteiger partial charge in [0, 0.05) is 6.07 Å². The number of benzene rings is 3. The van der Waals surface area contributed by atoms with E-state index in [4.69, 9.17) is 4.42 Å². The van der Waals surface area contributed by atoms with E-state index in [1.54, 1.807) is 35.5 Å². The third-order valence-corrected chi connectivity index (χ3v) is 5.00. The Morgan fingerprint density at radius 1 is 0.871 bits per heavy atom. The van der Waals surface area contributed by atoms with Crippen molar-refractivity contribution in [2.75, 3.05) is 5.01 Å². The second kappa shape index (κ2) is 8.67. The van der Waals surface area contributed by atoms with Gasteiger partial charge in [-0.25, -0.2) is 5.01 Å². The number of anilines is 2. The molecule has 0 bridgehead atoms. The van der Waals surface area contributed by atoms with Crippen molar-refractivity contribution in [3.05, 3.63) is 112 Å². The summed E-state index contributed by atoms with van der Waals surface area (Å²) in [5.41, 5.74) is 4.12. The van der Waals surface area contributed by atoms with Crippen LogP contribution in [0, 0.1) is 24.0 Å². The third kappa shape index (κ3) is 4.38. The first-order valence-electron chi connectivity index (χ1n) is 9.83. The number of furan rings is 1. The summed E-state index contributed by atoms with van der Waals surface area (Å²) in [4.78, 5) is 11.1. The normalized spacial score (nSPS) is 11.0. The fourth-order valence-electron chi connectivity index (χ4n) is 3.25. The zero-order valence-electron chi connectivity index (χ0n) is 17.2. The van der Waals surface area contributed by atoms with E-state index < -0.39 is 0 Å². The topological polar surface area (TPSA) is 71.9 Å². The molecule has 0 saturated carbocycles. The first-order valence-corrected chi connectivity index (χ1v) is 9.83. The highest BCUT2D eigenvalue weighted by Crippen LogP contribution is 2.33. The maximum absolute atomic E-state index is 11.5. The molecule has 0 spiro atoms. The molecule has 4 aromatic rings. The van der Waals surface area contributed by atoms with Gasteiger partial charge in [0.05, 0.1) is 28.1 Å². The molecule has 0 aliphatic carbocycles. The van der Waals surface area contributed by atoms with Gasteiger partial charge < -0.3 is 4.42 Å². The lowest BCUT2D eigenvalue weighted by molar-refractivity contribution is -0.384. The Hall–Kier alpha value is -4.19. The van der Waals surface area contributed by atoms with Gasteiger partial charge in [0.15, 0.2) is 0 Å². The first kappa shape index (κ1) is 20.1. The second-order valence-corrected chi connectivity index (χ2v) is 7.14. The lowest BCUT2D eigenvalue weighted by Gasteiger charge is -2.18. The monoisotopic (exact) mass is 411 g/mol. The molecule has 0 radical (unpaired) electrons. The van der Waals surface area contributed by atoms with Gasteiger partial charge in [-0.1, -0.05) is 36.4 Å². The van der Waals surface area contributed by atoms with Crippen molar-refractivity contribution < 1.29 is 9.34 Å². The highest BCUT2D eigenvalue weighted by atomic mass is 16.6. The van der Waals surface area contributed by atoms with Gasteiger partial charge in [-0.15, -0.1) is 0 Å². The number of nitrogens with zero attached hydrogens (tertiary/aromatic N) is 3. The predicted octanol–water partition coefficient (Wildman–Crippen LogP) is 6.64. The quantitative estimate of drug-likeness (QED) is 0.202. The van der Waals surface area contributed by atoms with Gasteiger partial charge in [-0.05, 0) is 67.4 Å². The molecule has 1 heterocycles. The van der Waals surface area contributed by atoms with Crippen molar-refractivity contribution >= 4 is 23.3 Å². The SMILES string of the molecule is Cc1cc(-c2ccc(/C=N/N(c3ccccc3)c3ccccc3)o2)c([N+](=O)[O-])cc1C. The van der Waals surface area contributed by atoms with E-state index in [9.17, 15) is 10.1 Å². The molecule has 0 fully saturated rings. The van der Waals surface area contributed by atoms with Crippen molar-refractivity contribution in [3.8, 4) is 11.3 Å². The molecule has 0 aliphatic rings. The van der Waals surface area contributed by atoms with Crippen LogP contribution in [0.2, 0.25) is 0 Å². The number of hydrazone groups is 1. The number of nitro groups is 1. The predicted molar refractivity (Wildman–Crippen MR) is 123 cm³/mol. The standard InChI is InChI=1S/C25H21N3O3/c1-18-15-23(24(28(29)30)16-19(18)2)25-14-13-22(31-25)17-26-27(20-9-5-3-6-10-20)21-11-7-4-8-12-21/h3-17H,1-2H3/b26-17+. The van der Waals surface area contributed by atoms with Crippen LogP contribution < -0.4 is 5.01 Å². The summed E-state index contributed by atoms with van der Waals surface area (Å²) in [7, 11) is 0.